The summed E-state index contributed by atoms with van der Waals surface area (Å²) < 4.78 is 19.8. The summed E-state index contributed by atoms with van der Waals surface area (Å²) in [5.74, 6) is 3.56. The summed E-state index contributed by atoms with van der Waals surface area (Å²) in [6, 6.07) is 11.9. The maximum atomic E-state index is 13.0. The first-order valence-electron chi connectivity index (χ1n) is 15.4. The summed E-state index contributed by atoms with van der Waals surface area (Å²) in [6.07, 6.45) is 7.18. The molecule has 3 aliphatic carbocycles. The van der Waals surface area contributed by atoms with Crippen LogP contribution in [0.1, 0.15) is 84.3 Å². The van der Waals surface area contributed by atoms with Crippen molar-refractivity contribution in [1.29, 1.82) is 0 Å². The van der Waals surface area contributed by atoms with Gasteiger partial charge in [-0.15, -0.1) is 0 Å². The average Bonchev–Trinajstić information content (AvgIpc) is 2.91. The Kier molecular flexibility index (Phi) is 6.99. The minimum atomic E-state index is -0.355. The second kappa shape index (κ2) is 9.92. The van der Waals surface area contributed by atoms with Gasteiger partial charge in [0, 0.05) is 21.5 Å². The van der Waals surface area contributed by atoms with Gasteiger partial charge in [0.1, 0.15) is 23.2 Å². The average molecular weight is 625 g/mol. The van der Waals surface area contributed by atoms with Crippen LogP contribution in [0.4, 0.5) is 10.5 Å². The van der Waals surface area contributed by atoms with Crippen molar-refractivity contribution in [2.45, 2.75) is 98.2 Å². The van der Waals surface area contributed by atoms with Gasteiger partial charge in [-0.05, 0) is 129 Å². The number of fused-ring (bicyclic) bond motifs is 6. The standard InChI is InChI=1S/C35H46BrNO4/c1-21-18-25(39-7)19-22-20-28-34(5)15-12-26-32(2,3)29(40-31(38)37-24-10-8-23(36)9-11-24)14-16-33(26,4)27(34)13-17-35(28,6)41-30(21)22/h8-11,18-19,26-29H,12-17,20H2,1-7H3,(H,37,38)/t26-,27-,28-,29-,33-,34-,35-/m0/s1. The van der Waals surface area contributed by atoms with Gasteiger partial charge < -0.3 is 14.2 Å². The molecule has 6 heteroatoms. The van der Waals surface area contributed by atoms with Crippen LogP contribution >= 0.6 is 15.9 Å². The second-order valence-electron chi connectivity index (χ2n) is 14.7. The molecule has 0 radical (unpaired) electrons. The van der Waals surface area contributed by atoms with Crippen LogP contribution in [0.15, 0.2) is 40.9 Å². The van der Waals surface area contributed by atoms with Crippen molar-refractivity contribution in [3.05, 3.63) is 52.0 Å². The van der Waals surface area contributed by atoms with Crippen LogP contribution in [-0.2, 0) is 11.2 Å². The van der Waals surface area contributed by atoms with Crippen LogP contribution in [-0.4, -0.2) is 24.9 Å². The van der Waals surface area contributed by atoms with Gasteiger partial charge in [0.05, 0.1) is 7.11 Å². The van der Waals surface area contributed by atoms with Crippen molar-refractivity contribution in [2.75, 3.05) is 12.4 Å². The van der Waals surface area contributed by atoms with Gasteiger partial charge in [-0.1, -0.05) is 43.6 Å². The fourth-order valence-electron chi connectivity index (χ4n) is 10.2. The molecule has 222 valence electrons. The first-order chi connectivity index (χ1) is 19.3. The lowest BCUT2D eigenvalue weighted by Gasteiger charge is -2.69. The summed E-state index contributed by atoms with van der Waals surface area (Å²) in [5, 5.41) is 2.94. The molecule has 5 nitrogen and oxygen atoms in total. The van der Waals surface area contributed by atoms with Crippen LogP contribution in [0.25, 0.3) is 0 Å². The molecule has 41 heavy (non-hydrogen) atoms. The second-order valence-corrected chi connectivity index (χ2v) is 15.6. The Morgan fingerprint density at radius 3 is 2.29 bits per heavy atom. The molecule has 6 rings (SSSR count). The maximum absolute atomic E-state index is 13.0. The number of methoxy groups -OCH3 is 1. The van der Waals surface area contributed by atoms with E-state index in [1.807, 2.05) is 24.3 Å². The van der Waals surface area contributed by atoms with Crippen LogP contribution in [0, 0.1) is 40.9 Å². The molecule has 0 unspecified atom stereocenters. The van der Waals surface area contributed by atoms with Crippen molar-refractivity contribution in [3.63, 3.8) is 0 Å². The maximum Gasteiger partial charge on any atom is 0.411 e. The van der Waals surface area contributed by atoms with Gasteiger partial charge in [-0.3, -0.25) is 5.32 Å². The number of aryl methyl sites for hydroxylation is 1. The lowest BCUT2D eigenvalue weighted by atomic mass is 9.37. The highest BCUT2D eigenvalue weighted by molar-refractivity contribution is 9.10. The van der Waals surface area contributed by atoms with Crippen molar-refractivity contribution < 1.29 is 19.0 Å². The zero-order valence-electron chi connectivity index (χ0n) is 25.7. The molecule has 2 aromatic carbocycles. The first-order valence-corrected chi connectivity index (χ1v) is 16.2. The lowest BCUT2D eigenvalue weighted by molar-refractivity contribution is -0.223. The Balaban J connectivity index is 1.24. The summed E-state index contributed by atoms with van der Waals surface area (Å²) in [6.45, 7) is 14.3. The van der Waals surface area contributed by atoms with Crippen LogP contribution in [0.2, 0.25) is 0 Å². The number of nitrogens with one attached hydrogen (secondary N) is 1. The van der Waals surface area contributed by atoms with Gasteiger partial charge in [-0.2, -0.15) is 0 Å². The zero-order chi connectivity index (χ0) is 29.4. The fourth-order valence-corrected chi connectivity index (χ4v) is 10.5. The molecule has 1 N–H and O–H groups in total. The normalized spacial score (nSPS) is 36.9. The number of benzene rings is 2. The molecule has 0 bridgehead atoms. The third-order valence-corrected chi connectivity index (χ3v) is 12.7. The molecule has 4 aliphatic rings. The largest absolute Gasteiger partial charge is 0.497 e. The van der Waals surface area contributed by atoms with E-state index in [-0.39, 0.29) is 34.0 Å². The summed E-state index contributed by atoms with van der Waals surface area (Å²) in [4.78, 5) is 13.0. The van der Waals surface area contributed by atoms with E-state index in [1.165, 1.54) is 24.0 Å². The number of carbonyl (C=O) groups is 1. The Bertz CT molecular complexity index is 1340. The van der Waals surface area contributed by atoms with E-state index in [1.54, 1.807) is 7.11 Å². The molecule has 3 saturated carbocycles. The highest BCUT2D eigenvalue weighted by Crippen LogP contribution is 2.71. The topological polar surface area (TPSA) is 56.8 Å². The number of ether oxygens (including phenoxy) is 3. The summed E-state index contributed by atoms with van der Waals surface area (Å²) >= 11 is 3.45. The number of amides is 1. The van der Waals surface area contributed by atoms with Crippen molar-refractivity contribution in [3.8, 4) is 11.5 Å². The highest BCUT2D eigenvalue weighted by atomic mass is 79.9. The Morgan fingerprint density at radius 2 is 1.59 bits per heavy atom. The molecule has 1 heterocycles. The molecular weight excluding hydrogens is 578 g/mol. The van der Waals surface area contributed by atoms with Gasteiger partial charge in [0.15, 0.2) is 0 Å². The smallest absolute Gasteiger partial charge is 0.411 e. The fraction of sp³-hybridized carbons (Fsp3) is 0.629. The van der Waals surface area contributed by atoms with Gasteiger partial charge in [0.2, 0.25) is 0 Å². The number of rotatable bonds is 3. The number of halogens is 1. The third kappa shape index (κ3) is 4.58. The number of anilines is 1. The Hall–Kier alpha value is -2.21. The van der Waals surface area contributed by atoms with Crippen molar-refractivity contribution in [1.82, 2.24) is 0 Å². The van der Waals surface area contributed by atoms with E-state index in [0.29, 0.717) is 17.8 Å². The molecule has 0 spiro atoms. The van der Waals surface area contributed by atoms with E-state index in [9.17, 15) is 4.79 Å². The van der Waals surface area contributed by atoms with Crippen LogP contribution in [0.3, 0.4) is 0 Å². The minimum Gasteiger partial charge on any atom is -0.497 e. The SMILES string of the molecule is COc1cc(C)c2c(c1)C[C@H]1[C@@]3(C)CC[C@H]4C(C)(C)[C@@H](OC(=O)Nc5ccc(Br)cc5)CC[C@]4(C)[C@@H]3CC[C@]1(C)O2. The predicted molar refractivity (Wildman–Crippen MR) is 167 cm³/mol. The van der Waals surface area contributed by atoms with E-state index < -0.39 is 0 Å². The zero-order valence-corrected chi connectivity index (χ0v) is 27.3. The molecule has 1 amide bonds. The molecule has 0 aromatic heterocycles. The molecular formula is C35H46BrNO4. The van der Waals surface area contributed by atoms with E-state index in [0.717, 1.165) is 53.8 Å². The molecule has 7 atom stereocenters. The van der Waals surface area contributed by atoms with E-state index in [2.05, 4.69) is 74.9 Å². The van der Waals surface area contributed by atoms with E-state index in [4.69, 9.17) is 14.2 Å². The van der Waals surface area contributed by atoms with Crippen molar-refractivity contribution in [2.24, 2.45) is 34.0 Å². The minimum absolute atomic E-state index is 0.102. The molecule has 2 aromatic rings. The van der Waals surface area contributed by atoms with Gasteiger partial charge in [0.25, 0.3) is 0 Å². The van der Waals surface area contributed by atoms with Gasteiger partial charge >= 0.3 is 6.09 Å². The Morgan fingerprint density at radius 1 is 0.927 bits per heavy atom. The molecule has 0 saturated heterocycles. The predicted octanol–water partition coefficient (Wildman–Crippen LogP) is 9.35. The lowest BCUT2D eigenvalue weighted by Crippen LogP contribution is -2.66. The Labute approximate surface area is 254 Å². The van der Waals surface area contributed by atoms with Crippen molar-refractivity contribution >= 4 is 27.7 Å². The number of hydrogen-bond acceptors (Lipinski definition) is 4. The molecule has 3 fully saturated rings. The summed E-state index contributed by atoms with van der Waals surface area (Å²) in [7, 11) is 1.75. The number of carbonyl (C=O) groups excluding carboxylic acids is 1. The van der Waals surface area contributed by atoms with Crippen LogP contribution < -0.4 is 14.8 Å². The van der Waals surface area contributed by atoms with Crippen LogP contribution in [0.5, 0.6) is 11.5 Å². The third-order valence-electron chi connectivity index (χ3n) is 12.2. The monoisotopic (exact) mass is 623 g/mol. The van der Waals surface area contributed by atoms with Gasteiger partial charge in [-0.25, -0.2) is 4.79 Å². The highest BCUT2D eigenvalue weighted by Gasteiger charge is 2.67. The first kappa shape index (κ1) is 28.9. The number of hydrogen-bond donors (Lipinski definition) is 1. The van der Waals surface area contributed by atoms with E-state index >= 15 is 0 Å². The summed E-state index contributed by atoms with van der Waals surface area (Å²) in [5.41, 5.74) is 3.35. The molecule has 1 aliphatic heterocycles. The quantitative estimate of drug-likeness (QED) is 0.370.